The summed E-state index contributed by atoms with van der Waals surface area (Å²) in [7, 11) is 3.84. The Bertz CT molecular complexity index is 773. The SMILES string of the molecule is COCCOCC1CCN(C(=NCCCN(C)c2ccccc2)NCCc2ccco2)C1.I. The predicted molar refractivity (Wildman–Crippen MR) is 145 cm³/mol. The lowest BCUT2D eigenvalue weighted by atomic mass is 10.1. The molecule has 1 atom stereocenters. The first-order chi connectivity index (χ1) is 15.8. The van der Waals surface area contributed by atoms with E-state index in [-0.39, 0.29) is 24.0 Å². The van der Waals surface area contributed by atoms with Crippen LogP contribution in [0.15, 0.2) is 58.1 Å². The summed E-state index contributed by atoms with van der Waals surface area (Å²) >= 11 is 0. The summed E-state index contributed by atoms with van der Waals surface area (Å²) in [5.74, 6) is 2.53. The minimum Gasteiger partial charge on any atom is -0.469 e. The maximum absolute atomic E-state index is 5.75. The number of nitrogens with zero attached hydrogens (tertiary/aromatic N) is 3. The molecule has 1 fully saturated rings. The smallest absolute Gasteiger partial charge is 0.193 e. The molecule has 1 aliphatic rings. The van der Waals surface area contributed by atoms with Crippen LogP contribution < -0.4 is 10.2 Å². The van der Waals surface area contributed by atoms with E-state index in [1.807, 2.05) is 18.2 Å². The number of ether oxygens (including phenoxy) is 2. The van der Waals surface area contributed by atoms with Crippen molar-refractivity contribution in [1.29, 1.82) is 0 Å². The van der Waals surface area contributed by atoms with Crippen LogP contribution in [0.5, 0.6) is 0 Å². The van der Waals surface area contributed by atoms with E-state index in [4.69, 9.17) is 18.9 Å². The predicted octanol–water partition coefficient (Wildman–Crippen LogP) is 3.90. The minimum atomic E-state index is 0. The molecule has 7 nitrogen and oxygen atoms in total. The van der Waals surface area contributed by atoms with Gasteiger partial charge in [-0.25, -0.2) is 0 Å². The van der Waals surface area contributed by atoms with Crippen LogP contribution in [0.2, 0.25) is 0 Å². The maximum Gasteiger partial charge on any atom is 0.193 e. The molecule has 0 aliphatic carbocycles. The minimum absolute atomic E-state index is 0. The number of nitrogens with one attached hydrogen (secondary N) is 1. The molecule has 33 heavy (non-hydrogen) atoms. The van der Waals surface area contributed by atoms with Crippen molar-refractivity contribution in [2.75, 3.05) is 71.6 Å². The second-order valence-corrected chi connectivity index (χ2v) is 8.24. The number of para-hydroxylation sites is 1. The standard InChI is InChI=1S/C25H38N4O3.HI/c1-28(23-8-4-3-5-9-23)15-7-13-26-25(27-14-11-24-10-6-17-32-24)29-16-12-22(20-29)21-31-19-18-30-2;/h3-6,8-10,17,22H,7,11-16,18-21H2,1-2H3,(H,26,27);1H. The van der Waals surface area contributed by atoms with Crippen molar-refractivity contribution >= 4 is 35.6 Å². The molecule has 184 valence electrons. The Labute approximate surface area is 215 Å². The first-order valence-electron chi connectivity index (χ1n) is 11.6. The summed E-state index contributed by atoms with van der Waals surface area (Å²) in [6.07, 6.45) is 4.71. The molecule has 0 amide bonds. The summed E-state index contributed by atoms with van der Waals surface area (Å²) in [4.78, 5) is 9.60. The summed E-state index contributed by atoms with van der Waals surface area (Å²) in [6, 6.07) is 14.4. The van der Waals surface area contributed by atoms with Gasteiger partial charge in [-0.3, -0.25) is 4.99 Å². The molecule has 0 saturated carbocycles. The second-order valence-electron chi connectivity index (χ2n) is 8.24. The van der Waals surface area contributed by atoms with E-state index in [1.165, 1.54) is 5.69 Å². The summed E-state index contributed by atoms with van der Waals surface area (Å²) in [5, 5.41) is 3.56. The molecule has 1 unspecified atom stereocenters. The molecule has 2 heterocycles. The monoisotopic (exact) mass is 570 g/mol. The highest BCUT2D eigenvalue weighted by Gasteiger charge is 2.25. The number of anilines is 1. The second kappa shape index (κ2) is 16.0. The third-order valence-corrected chi connectivity index (χ3v) is 5.72. The van der Waals surface area contributed by atoms with Gasteiger partial charge in [-0.05, 0) is 37.1 Å². The number of guanidine groups is 1. The summed E-state index contributed by atoms with van der Waals surface area (Å²) < 4.78 is 16.3. The molecule has 0 bridgehead atoms. The Morgan fingerprint density at radius 2 is 2.06 bits per heavy atom. The topological polar surface area (TPSA) is 62.5 Å². The van der Waals surface area contributed by atoms with Gasteiger partial charge < -0.3 is 29.0 Å². The van der Waals surface area contributed by atoms with Crippen molar-refractivity contribution in [3.05, 3.63) is 54.5 Å². The lowest BCUT2D eigenvalue weighted by molar-refractivity contribution is 0.0536. The zero-order valence-electron chi connectivity index (χ0n) is 19.9. The average Bonchev–Trinajstić information content (AvgIpc) is 3.51. The van der Waals surface area contributed by atoms with Crippen molar-refractivity contribution in [3.8, 4) is 0 Å². The molecular weight excluding hydrogens is 531 g/mol. The van der Waals surface area contributed by atoms with Crippen LogP contribution in [-0.4, -0.2) is 77.6 Å². The fourth-order valence-electron chi connectivity index (χ4n) is 3.88. The van der Waals surface area contributed by atoms with Gasteiger partial charge in [0.2, 0.25) is 0 Å². The summed E-state index contributed by atoms with van der Waals surface area (Å²) in [5.41, 5.74) is 1.24. The molecule has 0 spiro atoms. The van der Waals surface area contributed by atoms with E-state index in [1.54, 1.807) is 13.4 Å². The van der Waals surface area contributed by atoms with Crippen LogP contribution in [0.4, 0.5) is 5.69 Å². The highest BCUT2D eigenvalue weighted by molar-refractivity contribution is 14.0. The van der Waals surface area contributed by atoms with E-state index in [9.17, 15) is 0 Å². The van der Waals surface area contributed by atoms with Crippen molar-refractivity contribution in [2.45, 2.75) is 19.3 Å². The molecular formula is C25H39IN4O3. The third-order valence-electron chi connectivity index (χ3n) is 5.72. The molecule has 1 saturated heterocycles. The average molecular weight is 571 g/mol. The zero-order valence-corrected chi connectivity index (χ0v) is 22.3. The first kappa shape index (κ1) is 27.5. The van der Waals surface area contributed by atoms with Crippen LogP contribution >= 0.6 is 24.0 Å². The molecule has 1 aromatic carbocycles. The number of benzene rings is 1. The van der Waals surface area contributed by atoms with Gasteiger partial charge in [0.25, 0.3) is 0 Å². The molecule has 1 N–H and O–H groups in total. The highest BCUT2D eigenvalue weighted by Crippen LogP contribution is 2.17. The van der Waals surface area contributed by atoms with Crippen molar-refractivity contribution < 1.29 is 13.9 Å². The van der Waals surface area contributed by atoms with Crippen LogP contribution in [0.1, 0.15) is 18.6 Å². The van der Waals surface area contributed by atoms with E-state index in [0.717, 1.165) is 70.3 Å². The number of aliphatic imine (C=N–C) groups is 1. The molecule has 1 aliphatic heterocycles. The van der Waals surface area contributed by atoms with Crippen LogP contribution in [0.3, 0.4) is 0 Å². The van der Waals surface area contributed by atoms with E-state index in [0.29, 0.717) is 19.1 Å². The van der Waals surface area contributed by atoms with Crippen LogP contribution in [0, 0.1) is 5.92 Å². The molecule has 2 aromatic rings. The molecule has 8 heteroatoms. The van der Waals surface area contributed by atoms with Gasteiger partial charge in [0.1, 0.15) is 5.76 Å². The Morgan fingerprint density at radius 1 is 1.21 bits per heavy atom. The molecule has 3 rings (SSSR count). The fourth-order valence-corrected chi connectivity index (χ4v) is 3.88. The Morgan fingerprint density at radius 3 is 2.82 bits per heavy atom. The quantitative estimate of drug-likeness (QED) is 0.171. The van der Waals surface area contributed by atoms with E-state index < -0.39 is 0 Å². The maximum atomic E-state index is 5.75. The Hall–Kier alpha value is -1.78. The van der Waals surface area contributed by atoms with Crippen LogP contribution in [-0.2, 0) is 15.9 Å². The van der Waals surface area contributed by atoms with Crippen molar-refractivity contribution in [2.24, 2.45) is 10.9 Å². The lowest BCUT2D eigenvalue weighted by Crippen LogP contribution is -2.41. The number of furan rings is 1. The van der Waals surface area contributed by atoms with Crippen molar-refractivity contribution in [1.82, 2.24) is 10.2 Å². The lowest BCUT2D eigenvalue weighted by Gasteiger charge is -2.23. The van der Waals surface area contributed by atoms with E-state index in [2.05, 4.69) is 46.4 Å². The first-order valence-corrected chi connectivity index (χ1v) is 11.6. The van der Waals surface area contributed by atoms with Gasteiger partial charge in [-0.1, -0.05) is 18.2 Å². The summed E-state index contributed by atoms with van der Waals surface area (Å²) in [6.45, 7) is 6.65. The van der Waals surface area contributed by atoms with Gasteiger partial charge in [0, 0.05) is 64.9 Å². The number of hydrogen-bond acceptors (Lipinski definition) is 5. The van der Waals surface area contributed by atoms with Gasteiger partial charge in [0.05, 0.1) is 26.1 Å². The number of likely N-dealkylation sites (tertiary alicyclic amines) is 1. The largest absolute Gasteiger partial charge is 0.469 e. The fraction of sp³-hybridized carbons (Fsp3) is 0.560. The third kappa shape index (κ3) is 9.93. The number of halogens is 1. The Balaban J connectivity index is 0.00000385. The Kier molecular flexibility index (Phi) is 13.3. The highest BCUT2D eigenvalue weighted by atomic mass is 127. The van der Waals surface area contributed by atoms with E-state index >= 15 is 0 Å². The van der Waals surface area contributed by atoms with Gasteiger partial charge in [-0.2, -0.15) is 0 Å². The van der Waals surface area contributed by atoms with Gasteiger partial charge in [0.15, 0.2) is 5.96 Å². The van der Waals surface area contributed by atoms with Gasteiger partial charge in [-0.15, -0.1) is 24.0 Å². The number of rotatable bonds is 13. The normalized spacial score (nSPS) is 16.0. The number of methoxy groups -OCH3 is 1. The van der Waals surface area contributed by atoms with Gasteiger partial charge >= 0.3 is 0 Å². The number of hydrogen-bond donors (Lipinski definition) is 1. The zero-order chi connectivity index (χ0) is 22.4. The molecule has 0 radical (unpaired) electrons. The van der Waals surface area contributed by atoms with Crippen LogP contribution in [0.25, 0.3) is 0 Å². The van der Waals surface area contributed by atoms with Crippen molar-refractivity contribution in [3.63, 3.8) is 0 Å². The molecule has 1 aromatic heterocycles.